The summed E-state index contributed by atoms with van der Waals surface area (Å²) >= 11 is 0. The number of H-pyrrole nitrogens is 1. The highest BCUT2D eigenvalue weighted by molar-refractivity contribution is 5.77. The molecule has 0 atom stereocenters. The summed E-state index contributed by atoms with van der Waals surface area (Å²) in [5.41, 5.74) is 0.900. The first-order chi connectivity index (χ1) is 4.43. The quantitative estimate of drug-likeness (QED) is 0.459. The fourth-order valence-corrected chi connectivity index (χ4v) is 0.445. The summed E-state index contributed by atoms with van der Waals surface area (Å²) in [4.78, 5) is 4.44. The minimum absolute atomic E-state index is 0.900. The summed E-state index contributed by atoms with van der Waals surface area (Å²) < 4.78 is 0. The molecule has 1 aromatic heterocycles. The van der Waals surface area contributed by atoms with Crippen molar-refractivity contribution in [3.05, 3.63) is 18.0 Å². The molecule has 0 aliphatic carbocycles. The van der Waals surface area contributed by atoms with Gasteiger partial charge in [-0.15, -0.1) is 0 Å². The molecule has 1 rings (SSSR count). The van der Waals surface area contributed by atoms with Crippen LogP contribution in [0.3, 0.4) is 0 Å². The van der Waals surface area contributed by atoms with Crippen molar-refractivity contribution in [1.82, 2.24) is 10.2 Å². The summed E-state index contributed by atoms with van der Waals surface area (Å²) in [6, 6.07) is 0. The van der Waals surface area contributed by atoms with Crippen molar-refractivity contribution >= 4 is 6.21 Å². The Kier molecular flexibility index (Phi) is 1.85. The fraction of sp³-hybridized carbons (Fsp3) is 0.200. The molecule has 0 radical (unpaired) electrons. The SMILES string of the molecule is CON=Cc1cn[nH]c1. The Labute approximate surface area is 52.5 Å². The van der Waals surface area contributed by atoms with E-state index in [9.17, 15) is 0 Å². The lowest BCUT2D eigenvalue weighted by molar-refractivity contribution is 0.215. The summed E-state index contributed by atoms with van der Waals surface area (Å²) in [5, 5.41) is 9.87. The molecule has 0 saturated heterocycles. The first-order valence-electron chi connectivity index (χ1n) is 2.49. The maximum absolute atomic E-state index is 4.44. The number of hydrogen-bond donors (Lipinski definition) is 1. The number of rotatable bonds is 2. The van der Waals surface area contributed by atoms with E-state index in [1.54, 1.807) is 18.6 Å². The topological polar surface area (TPSA) is 50.3 Å². The second-order valence-corrected chi connectivity index (χ2v) is 1.45. The van der Waals surface area contributed by atoms with E-state index in [0.717, 1.165) is 5.56 Å². The monoisotopic (exact) mass is 125 g/mol. The molecule has 1 aromatic rings. The Hall–Kier alpha value is -1.32. The molecule has 0 fully saturated rings. The van der Waals surface area contributed by atoms with Crippen LogP contribution in [-0.4, -0.2) is 23.5 Å². The van der Waals surface area contributed by atoms with E-state index in [1.165, 1.54) is 7.11 Å². The molecule has 0 aromatic carbocycles. The van der Waals surface area contributed by atoms with Gasteiger partial charge < -0.3 is 4.84 Å². The lowest BCUT2D eigenvalue weighted by Gasteiger charge is -1.80. The lowest BCUT2D eigenvalue weighted by atomic mass is 10.4. The van der Waals surface area contributed by atoms with Crippen molar-refractivity contribution in [2.45, 2.75) is 0 Å². The van der Waals surface area contributed by atoms with E-state index in [1.807, 2.05) is 0 Å². The predicted octanol–water partition coefficient (Wildman–Crippen LogP) is 0.390. The van der Waals surface area contributed by atoms with Crippen LogP contribution in [0.15, 0.2) is 17.5 Å². The molecule has 0 aliphatic rings. The predicted molar refractivity (Wildman–Crippen MR) is 33.2 cm³/mol. The zero-order valence-electron chi connectivity index (χ0n) is 5.03. The second kappa shape index (κ2) is 2.86. The third-order valence-electron chi connectivity index (χ3n) is 0.827. The third kappa shape index (κ3) is 1.56. The number of aromatic amines is 1. The molecule has 0 saturated carbocycles. The van der Waals surface area contributed by atoms with Crippen molar-refractivity contribution in [1.29, 1.82) is 0 Å². The van der Waals surface area contributed by atoms with Gasteiger partial charge in [0.2, 0.25) is 0 Å². The molecule has 0 spiro atoms. The van der Waals surface area contributed by atoms with Gasteiger partial charge in [-0.05, 0) is 0 Å². The molecule has 0 amide bonds. The van der Waals surface area contributed by atoms with Gasteiger partial charge in [0.05, 0.1) is 12.4 Å². The first kappa shape index (κ1) is 5.81. The van der Waals surface area contributed by atoms with E-state index >= 15 is 0 Å². The second-order valence-electron chi connectivity index (χ2n) is 1.45. The largest absolute Gasteiger partial charge is 0.399 e. The van der Waals surface area contributed by atoms with E-state index in [2.05, 4.69) is 20.2 Å². The minimum atomic E-state index is 0.900. The zero-order chi connectivity index (χ0) is 6.53. The van der Waals surface area contributed by atoms with Crippen LogP contribution in [0.5, 0.6) is 0 Å². The molecule has 0 aliphatic heterocycles. The summed E-state index contributed by atoms with van der Waals surface area (Å²) in [6.45, 7) is 0. The van der Waals surface area contributed by atoms with Crippen LogP contribution in [0, 0.1) is 0 Å². The van der Waals surface area contributed by atoms with Gasteiger partial charge in [0.1, 0.15) is 7.11 Å². The van der Waals surface area contributed by atoms with Crippen LogP contribution < -0.4 is 0 Å². The maximum Gasteiger partial charge on any atom is 0.106 e. The fourth-order valence-electron chi connectivity index (χ4n) is 0.445. The highest BCUT2D eigenvalue weighted by Crippen LogP contribution is 1.86. The van der Waals surface area contributed by atoms with Gasteiger partial charge >= 0.3 is 0 Å². The van der Waals surface area contributed by atoms with Crippen molar-refractivity contribution < 1.29 is 4.84 Å². The van der Waals surface area contributed by atoms with Gasteiger partial charge in [-0.3, -0.25) is 5.10 Å². The van der Waals surface area contributed by atoms with Gasteiger partial charge in [-0.2, -0.15) is 5.10 Å². The summed E-state index contributed by atoms with van der Waals surface area (Å²) in [5.74, 6) is 0. The minimum Gasteiger partial charge on any atom is -0.399 e. The standard InChI is InChI=1S/C5H7N3O/c1-9-8-4-5-2-6-7-3-5/h2-4H,1H3,(H,6,7). The summed E-state index contributed by atoms with van der Waals surface area (Å²) in [7, 11) is 1.50. The molecular formula is C5H7N3O. The maximum atomic E-state index is 4.44. The van der Waals surface area contributed by atoms with Gasteiger partial charge in [0, 0.05) is 11.8 Å². The van der Waals surface area contributed by atoms with Gasteiger partial charge in [0.25, 0.3) is 0 Å². The van der Waals surface area contributed by atoms with Crippen LogP contribution in [0.25, 0.3) is 0 Å². The molecule has 4 heteroatoms. The molecule has 1 N–H and O–H groups in total. The van der Waals surface area contributed by atoms with Gasteiger partial charge in [-0.1, -0.05) is 5.16 Å². The Bertz CT molecular complexity index is 180. The Balaban J connectivity index is 2.57. The number of nitrogens with zero attached hydrogens (tertiary/aromatic N) is 2. The average molecular weight is 125 g/mol. The smallest absolute Gasteiger partial charge is 0.106 e. The molecular weight excluding hydrogens is 118 g/mol. The number of nitrogens with one attached hydrogen (secondary N) is 1. The molecule has 48 valence electrons. The van der Waals surface area contributed by atoms with Crippen molar-refractivity contribution in [3.63, 3.8) is 0 Å². The van der Waals surface area contributed by atoms with Gasteiger partial charge in [0.15, 0.2) is 0 Å². The normalized spacial score (nSPS) is 10.3. The molecule has 9 heavy (non-hydrogen) atoms. The lowest BCUT2D eigenvalue weighted by Crippen LogP contribution is -1.75. The van der Waals surface area contributed by atoms with E-state index in [0.29, 0.717) is 0 Å². The number of hydrogen-bond acceptors (Lipinski definition) is 3. The van der Waals surface area contributed by atoms with E-state index in [-0.39, 0.29) is 0 Å². The van der Waals surface area contributed by atoms with Crippen LogP contribution in [0.1, 0.15) is 5.56 Å². The number of aromatic nitrogens is 2. The Morgan fingerprint density at radius 3 is 3.33 bits per heavy atom. The molecule has 4 nitrogen and oxygen atoms in total. The molecule has 1 heterocycles. The van der Waals surface area contributed by atoms with Gasteiger partial charge in [-0.25, -0.2) is 0 Å². The van der Waals surface area contributed by atoms with Crippen LogP contribution in [-0.2, 0) is 4.84 Å². The zero-order valence-corrected chi connectivity index (χ0v) is 5.03. The third-order valence-corrected chi connectivity index (χ3v) is 0.827. The van der Waals surface area contributed by atoms with Crippen molar-refractivity contribution in [2.75, 3.05) is 7.11 Å². The number of oxime groups is 1. The Morgan fingerprint density at radius 2 is 2.78 bits per heavy atom. The average Bonchev–Trinajstić information content (AvgIpc) is 2.34. The van der Waals surface area contributed by atoms with Crippen LogP contribution in [0.2, 0.25) is 0 Å². The highest BCUT2D eigenvalue weighted by Gasteiger charge is 1.83. The summed E-state index contributed by atoms with van der Waals surface area (Å²) in [6.07, 6.45) is 4.95. The first-order valence-corrected chi connectivity index (χ1v) is 2.49. The van der Waals surface area contributed by atoms with Crippen molar-refractivity contribution in [2.24, 2.45) is 5.16 Å². The van der Waals surface area contributed by atoms with Crippen LogP contribution in [0.4, 0.5) is 0 Å². The van der Waals surface area contributed by atoms with E-state index in [4.69, 9.17) is 0 Å². The molecule has 0 unspecified atom stereocenters. The highest BCUT2D eigenvalue weighted by atomic mass is 16.6. The molecule has 0 bridgehead atoms. The van der Waals surface area contributed by atoms with Crippen molar-refractivity contribution in [3.8, 4) is 0 Å². The Morgan fingerprint density at radius 1 is 1.89 bits per heavy atom. The van der Waals surface area contributed by atoms with E-state index < -0.39 is 0 Å². The van der Waals surface area contributed by atoms with Crippen LogP contribution >= 0.6 is 0 Å².